The Bertz CT molecular complexity index is 2310. The zero-order valence-corrected chi connectivity index (χ0v) is 32.0. The molecule has 0 fully saturated rings. The lowest BCUT2D eigenvalue weighted by atomic mass is 10.1. The van der Waals surface area contributed by atoms with Crippen molar-refractivity contribution in [2.75, 3.05) is 34.3 Å². The number of hydrogen-bond acceptors (Lipinski definition) is 3. The van der Waals surface area contributed by atoms with Gasteiger partial charge in [-0.1, -0.05) is 35.5 Å². The third-order valence-corrected chi connectivity index (χ3v) is 9.67. The van der Waals surface area contributed by atoms with Crippen LogP contribution in [0.15, 0.2) is 146 Å². The van der Waals surface area contributed by atoms with Crippen LogP contribution < -0.4 is 14.7 Å². The van der Waals surface area contributed by atoms with Crippen LogP contribution in [-0.4, -0.2) is 37.4 Å². The van der Waals surface area contributed by atoms with Crippen molar-refractivity contribution in [3.63, 3.8) is 0 Å². The van der Waals surface area contributed by atoms with E-state index in [1.54, 1.807) is 51.1 Å². The first-order chi connectivity index (χ1) is 27.8. The third kappa shape index (κ3) is 8.71. The molecule has 16 rings (SSSR count). The molecule has 0 N–H and O–H groups in total. The van der Waals surface area contributed by atoms with Crippen molar-refractivity contribution in [1.82, 2.24) is 0 Å². The van der Waals surface area contributed by atoms with Crippen molar-refractivity contribution >= 4 is 34.8 Å². The molecule has 0 saturated heterocycles. The first-order valence-corrected chi connectivity index (χ1v) is 19.0. The zero-order chi connectivity index (χ0) is 39.7. The highest BCUT2D eigenvalue weighted by molar-refractivity contribution is 6.07. The van der Waals surface area contributed by atoms with Crippen LogP contribution in [0.4, 0.5) is 17.1 Å². The molecule has 6 heteroatoms. The van der Waals surface area contributed by atoms with E-state index in [2.05, 4.69) is 35.5 Å². The highest BCUT2D eigenvalue weighted by Crippen LogP contribution is 2.22. The second-order valence-electron chi connectivity index (χ2n) is 13.3. The summed E-state index contributed by atoms with van der Waals surface area (Å²) < 4.78 is 0. The number of carbonyl (C=O) groups excluding carboxylic acids is 3. The van der Waals surface area contributed by atoms with Gasteiger partial charge in [0.2, 0.25) is 0 Å². The highest BCUT2D eigenvalue weighted by atomic mass is 16.2. The van der Waals surface area contributed by atoms with Crippen molar-refractivity contribution < 1.29 is 14.4 Å². The van der Waals surface area contributed by atoms with Crippen LogP contribution >= 0.6 is 0 Å². The fourth-order valence-corrected chi connectivity index (χ4v) is 6.49. The van der Waals surface area contributed by atoms with Crippen LogP contribution in [0.25, 0.3) is 0 Å². The molecule has 6 nitrogen and oxygen atoms in total. The predicted molar refractivity (Wildman–Crippen MR) is 229 cm³/mol. The second kappa shape index (κ2) is 17.3. The first-order valence-electron chi connectivity index (χ1n) is 19.0. The summed E-state index contributed by atoms with van der Waals surface area (Å²) >= 11 is 0. The minimum absolute atomic E-state index is 0.109. The van der Waals surface area contributed by atoms with Crippen molar-refractivity contribution in [3.8, 4) is 35.5 Å². The van der Waals surface area contributed by atoms with Crippen molar-refractivity contribution in [2.24, 2.45) is 0 Å². The van der Waals surface area contributed by atoms with E-state index in [9.17, 15) is 14.4 Å². The van der Waals surface area contributed by atoms with E-state index in [-0.39, 0.29) is 17.7 Å². The maximum absolute atomic E-state index is 13.6. The van der Waals surface area contributed by atoms with E-state index in [1.807, 2.05) is 130 Å². The molecule has 57 heavy (non-hydrogen) atoms. The molecule has 0 radical (unpaired) electrons. The molecule has 0 aliphatic carbocycles. The van der Waals surface area contributed by atoms with E-state index in [0.717, 1.165) is 50.4 Å². The summed E-state index contributed by atoms with van der Waals surface area (Å²) in [6.45, 7) is 7.32. The smallest absolute Gasteiger partial charge is 0.258 e. The van der Waals surface area contributed by atoms with Gasteiger partial charge in [0.1, 0.15) is 0 Å². The lowest BCUT2D eigenvalue weighted by molar-refractivity contribution is 0.0980. The molecule has 10 aliphatic heterocycles. The number of anilines is 3. The Hall–Kier alpha value is -7.59. The van der Waals surface area contributed by atoms with E-state index in [4.69, 9.17) is 0 Å². The molecular weight excluding hydrogens is 703 g/mol. The summed E-state index contributed by atoms with van der Waals surface area (Å²) in [6, 6.07) is 44.7. The summed E-state index contributed by atoms with van der Waals surface area (Å²) in [7, 11) is 0. The van der Waals surface area contributed by atoms with Crippen LogP contribution in [0.1, 0.15) is 85.2 Å². The zero-order valence-electron chi connectivity index (χ0n) is 32.0. The van der Waals surface area contributed by atoms with Gasteiger partial charge in [-0.25, -0.2) is 0 Å². The summed E-state index contributed by atoms with van der Waals surface area (Å²) in [5.74, 6) is 18.8. The highest BCUT2D eigenvalue weighted by Gasteiger charge is 2.18. The molecule has 0 spiro atoms. The van der Waals surface area contributed by atoms with Gasteiger partial charge in [0.15, 0.2) is 0 Å². The van der Waals surface area contributed by atoms with E-state index in [0.29, 0.717) is 36.3 Å². The monoisotopic (exact) mass is 741 g/mol. The summed E-state index contributed by atoms with van der Waals surface area (Å²) in [4.78, 5) is 45.9. The Morgan fingerprint density at radius 2 is 0.474 bits per heavy atom. The van der Waals surface area contributed by atoms with Gasteiger partial charge in [-0.3, -0.25) is 14.4 Å². The molecule has 6 aromatic carbocycles. The topological polar surface area (TPSA) is 60.9 Å². The third-order valence-electron chi connectivity index (χ3n) is 9.67. The number of rotatable bonds is 3. The molecule has 12 bridgehead atoms. The lowest BCUT2D eigenvalue weighted by Crippen LogP contribution is -2.30. The standard InChI is InChI=1S/C51H39N3O3/c1-4-52-46-31-19-40(20-32-46)10-7-38-15-27-44(28-16-38)50(56)54(6-3)48-35-23-42(24-36-48)12-9-39-17-29-45(30-18-39)51(57)53(5-2)47-33-21-41(22-34-47)11-8-37-13-25-43(26-14-37)49(52)55/h13-36H,4-6H2,1-3H3. The SMILES string of the molecule is CCN1C(=O)c2ccc(cc2)C#Cc2ccc(cc2)N(CC)C(=O)c2ccc(cc2)C#Cc2ccc(cc2)N(CC)C(=O)c2ccc(cc2)C#Cc2ccc1cc2. The summed E-state index contributed by atoms with van der Waals surface area (Å²) in [5, 5.41) is 0. The number of carbonyl (C=O) groups is 3. The summed E-state index contributed by atoms with van der Waals surface area (Å²) in [6.07, 6.45) is 0. The first kappa shape index (κ1) is 37.7. The normalized spacial score (nSPS) is 12.7. The van der Waals surface area contributed by atoms with Gasteiger partial charge >= 0.3 is 0 Å². The van der Waals surface area contributed by atoms with Gasteiger partial charge in [-0.15, -0.1) is 0 Å². The predicted octanol–water partition coefficient (Wildman–Crippen LogP) is 9.20. The fourth-order valence-electron chi connectivity index (χ4n) is 6.49. The quantitative estimate of drug-likeness (QED) is 0.170. The van der Waals surface area contributed by atoms with Gasteiger partial charge in [0, 0.05) is 86.8 Å². The van der Waals surface area contributed by atoms with Crippen molar-refractivity contribution in [3.05, 3.63) is 196 Å². The Labute approximate surface area is 334 Å². The van der Waals surface area contributed by atoms with Gasteiger partial charge in [0.05, 0.1) is 0 Å². The average molecular weight is 742 g/mol. The minimum Gasteiger partial charge on any atom is -0.309 e. The summed E-state index contributed by atoms with van der Waals surface area (Å²) in [5.41, 5.74) is 8.78. The van der Waals surface area contributed by atoms with Gasteiger partial charge in [-0.2, -0.15) is 0 Å². The minimum atomic E-state index is -0.109. The van der Waals surface area contributed by atoms with Crippen LogP contribution in [0.3, 0.4) is 0 Å². The second-order valence-corrected chi connectivity index (χ2v) is 13.3. The van der Waals surface area contributed by atoms with Crippen LogP contribution in [0.2, 0.25) is 0 Å². The van der Waals surface area contributed by atoms with Gasteiger partial charge in [-0.05, 0) is 166 Å². The van der Waals surface area contributed by atoms with E-state index < -0.39 is 0 Å². The van der Waals surface area contributed by atoms with E-state index in [1.165, 1.54) is 0 Å². The Kier molecular flexibility index (Phi) is 11.4. The molecule has 3 amide bonds. The molecule has 0 atom stereocenters. The molecule has 0 aromatic heterocycles. The average Bonchev–Trinajstić information content (AvgIpc) is 3.26. The maximum Gasteiger partial charge on any atom is 0.258 e. The number of benzene rings is 6. The number of nitrogens with zero attached hydrogens (tertiary/aromatic N) is 3. The molecule has 276 valence electrons. The molecule has 0 saturated carbocycles. The van der Waals surface area contributed by atoms with Crippen molar-refractivity contribution in [1.29, 1.82) is 0 Å². The van der Waals surface area contributed by atoms with Crippen molar-refractivity contribution in [2.45, 2.75) is 20.8 Å². The number of amides is 3. The van der Waals surface area contributed by atoms with E-state index >= 15 is 0 Å². The molecule has 10 aliphatic rings. The molecular formula is C51H39N3O3. The molecule has 10 heterocycles. The van der Waals surface area contributed by atoms with Crippen LogP contribution in [-0.2, 0) is 0 Å². The molecule has 6 aromatic rings. The maximum atomic E-state index is 13.6. The van der Waals surface area contributed by atoms with Gasteiger partial charge < -0.3 is 14.7 Å². The lowest BCUT2D eigenvalue weighted by Gasteiger charge is -2.21. The number of hydrogen-bond donors (Lipinski definition) is 0. The Balaban J connectivity index is 1.20. The van der Waals surface area contributed by atoms with Gasteiger partial charge in [0.25, 0.3) is 17.7 Å². The van der Waals surface area contributed by atoms with Crippen LogP contribution in [0.5, 0.6) is 0 Å². The van der Waals surface area contributed by atoms with Crippen LogP contribution in [0, 0.1) is 35.5 Å². The Morgan fingerprint density at radius 3 is 0.649 bits per heavy atom. The fraction of sp³-hybridized carbons (Fsp3) is 0.118. The Morgan fingerprint density at radius 1 is 0.298 bits per heavy atom. The largest absolute Gasteiger partial charge is 0.309 e. The molecule has 0 unspecified atom stereocenters.